The molecule has 0 aromatic heterocycles. The van der Waals surface area contributed by atoms with E-state index in [-0.39, 0.29) is 24.1 Å². The highest BCUT2D eigenvalue weighted by molar-refractivity contribution is 5.89. The molecule has 0 bridgehead atoms. The van der Waals surface area contributed by atoms with Gasteiger partial charge in [0.15, 0.2) is 6.61 Å². The van der Waals surface area contributed by atoms with Crippen molar-refractivity contribution in [2.24, 2.45) is 0 Å². The van der Waals surface area contributed by atoms with E-state index < -0.39 is 23.4 Å². The molecule has 0 saturated heterocycles. The summed E-state index contributed by atoms with van der Waals surface area (Å²) in [6, 6.07) is 12.0. The average Bonchev–Trinajstić information content (AvgIpc) is 3.55. The molecular weight excluding hydrogens is 379 g/mol. The molecule has 1 fully saturated rings. The lowest BCUT2D eigenvalue weighted by atomic mass is 10.2. The van der Waals surface area contributed by atoms with Crippen LogP contribution in [0.5, 0.6) is 0 Å². The molecule has 0 aliphatic heterocycles. The van der Waals surface area contributed by atoms with Gasteiger partial charge in [0, 0.05) is 36.4 Å². The molecule has 1 amide bonds. The number of non-ortho nitro benzene ring substituents is 1. The van der Waals surface area contributed by atoms with Crippen molar-refractivity contribution in [3.63, 3.8) is 0 Å². The predicted molar refractivity (Wildman–Crippen MR) is 103 cm³/mol. The number of carbonyl (C=O) groups is 2. The SMILES string of the molecule is O=C(/C=C/c1cccc([N+](=O)[O-])c1)OCC(=O)N(Cc1ccccc1F)C1CC1. The Balaban J connectivity index is 1.56. The monoisotopic (exact) mass is 398 g/mol. The maximum atomic E-state index is 13.9. The molecule has 8 heteroatoms. The molecule has 1 aliphatic rings. The van der Waals surface area contributed by atoms with E-state index in [4.69, 9.17) is 4.74 Å². The van der Waals surface area contributed by atoms with E-state index in [2.05, 4.69) is 0 Å². The van der Waals surface area contributed by atoms with Crippen molar-refractivity contribution in [1.29, 1.82) is 0 Å². The minimum Gasteiger partial charge on any atom is -0.452 e. The van der Waals surface area contributed by atoms with E-state index in [0.717, 1.165) is 18.9 Å². The second-order valence-corrected chi connectivity index (χ2v) is 6.64. The highest BCUT2D eigenvalue weighted by Gasteiger charge is 2.33. The Labute approximate surface area is 166 Å². The average molecular weight is 398 g/mol. The van der Waals surface area contributed by atoms with Crippen LogP contribution in [-0.4, -0.2) is 34.3 Å². The second kappa shape index (κ2) is 9.09. The first-order valence-electron chi connectivity index (χ1n) is 9.06. The van der Waals surface area contributed by atoms with Crippen molar-refractivity contribution in [2.45, 2.75) is 25.4 Å². The number of nitro groups is 1. The van der Waals surface area contributed by atoms with Gasteiger partial charge in [-0.05, 0) is 30.5 Å². The second-order valence-electron chi connectivity index (χ2n) is 6.64. The van der Waals surface area contributed by atoms with Gasteiger partial charge in [-0.2, -0.15) is 0 Å². The van der Waals surface area contributed by atoms with Gasteiger partial charge >= 0.3 is 5.97 Å². The van der Waals surface area contributed by atoms with Gasteiger partial charge in [0.25, 0.3) is 11.6 Å². The molecule has 0 atom stereocenters. The van der Waals surface area contributed by atoms with Gasteiger partial charge in [-0.15, -0.1) is 0 Å². The fourth-order valence-corrected chi connectivity index (χ4v) is 2.79. The van der Waals surface area contributed by atoms with Crippen LogP contribution in [0, 0.1) is 15.9 Å². The number of amides is 1. The molecule has 0 heterocycles. The van der Waals surface area contributed by atoms with Gasteiger partial charge in [-0.3, -0.25) is 14.9 Å². The standard InChI is InChI=1S/C21H19FN2O5/c22-19-7-2-1-5-16(19)13-23(17-9-10-17)20(25)14-29-21(26)11-8-15-4-3-6-18(12-15)24(27)28/h1-8,11-12,17H,9-10,13-14H2/b11-8+. The van der Waals surface area contributed by atoms with Crippen molar-refractivity contribution >= 4 is 23.6 Å². The lowest BCUT2D eigenvalue weighted by molar-refractivity contribution is -0.384. The lowest BCUT2D eigenvalue weighted by Gasteiger charge is -2.22. The van der Waals surface area contributed by atoms with Crippen molar-refractivity contribution in [3.05, 3.63) is 81.7 Å². The Morgan fingerprint density at radius 2 is 1.97 bits per heavy atom. The minimum absolute atomic E-state index is 0.0289. The van der Waals surface area contributed by atoms with Crippen LogP contribution >= 0.6 is 0 Å². The summed E-state index contributed by atoms with van der Waals surface area (Å²) in [7, 11) is 0. The summed E-state index contributed by atoms with van der Waals surface area (Å²) in [4.78, 5) is 36.1. The first-order valence-corrected chi connectivity index (χ1v) is 9.06. The third kappa shape index (κ3) is 5.71. The summed E-state index contributed by atoms with van der Waals surface area (Å²) < 4.78 is 18.9. The van der Waals surface area contributed by atoms with Crippen molar-refractivity contribution in [1.82, 2.24) is 4.90 Å². The third-order valence-electron chi connectivity index (χ3n) is 4.44. The molecule has 29 heavy (non-hydrogen) atoms. The largest absolute Gasteiger partial charge is 0.452 e. The smallest absolute Gasteiger partial charge is 0.331 e. The van der Waals surface area contributed by atoms with Gasteiger partial charge in [-0.1, -0.05) is 30.3 Å². The van der Waals surface area contributed by atoms with E-state index in [1.165, 1.54) is 35.2 Å². The maximum Gasteiger partial charge on any atom is 0.331 e. The quantitative estimate of drug-likeness (QED) is 0.294. The van der Waals surface area contributed by atoms with Gasteiger partial charge < -0.3 is 9.64 Å². The minimum atomic E-state index is -0.744. The number of nitro benzene ring substituents is 1. The zero-order valence-corrected chi connectivity index (χ0v) is 15.5. The Bertz CT molecular complexity index is 956. The first kappa shape index (κ1) is 20.2. The molecule has 2 aromatic carbocycles. The number of carbonyl (C=O) groups excluding carboxylic acids is 2. The Kier molecular flexibility index (Phi) is 6.33. The topological polar surface area (TPSA) is 89.7 Å². The number of ether oxygens (including phenoxy) is 1. The summed E-state index contributed by atoms with van der Waals surface area (Å²) >= 11 is 0. The van der Waals surface area contributed by atoms with E-state index >= 15 is 0 Å². The summed E-state index contributed by atoms with van der Waals surface area (Å²) in [5, 5.41) is 10.8. The van der Waals surface area contributed by atoms with Crippen molar-refractivity contribution in [3.8, 4) is 0 Å². The van der Waals surface area contributed by atoms with Crippen LogP contribution in [0.15, 0.2) is 54.6 Å². The van der Waals surface area contributed by atoms with Crippen LogP contribution in [0.1, 0.15) is 24.0 Å². The number of hydrogen-bond donors (Lipinski definition) is 0. The molecule has 0 N–H and O–H groups in total. The van der Waals surface area contributed by atoms with E-state index in [9.17, 15) is 24.1 Å². The zero-order valence-electron chi connectivity index (χ0n) is 15.5. The molecular formula is C21H19FN2O5. The first-order chi connectivity index (χ1) is 13.9. The van der Waals surface area contributed by atoms with Gasteiger partial charge in [0.1, 0.15) is 5.82 Å². The van der Waals surface area contributed by atoms with Crippen LogP contribution in [0.4, 0.5) is 10.1 Å². The third-order valence-corrected chi connectivity index (χ3v) is 4.44. The highest BCUT2D eigenvalue weighted by atomic mass is 19.1. The molecule has 0 unspecified atom stereocenters. The van der Waals surface area contributed by atoms with E-state index in [0.29, 0.717) is 11.1 Å². The van der Waals surface area contributed by atoms with Gasteiger partial charge in [-0.25, -0.2) is 9.18 Å². The van der Waals surface area contributed by atoms with Crippen LogP contribution in [0.3, 0.4) is 0 Å². The Morgan fingerprint density at radius 1 is 1.21 bits per heavy atom. The normalized spacial score (nSPS) is 13.3. The molecule has 0 spiro atoms. The Morgan fingerprint density at radius 3 is 2.66 bits per heavy atom. The number of halogens is 1. The highest BCUT2D eigenvalue weighted by Crippen LogP contribution is 2.29. The molecule has 7 nitrogen and oxygen atoms in total. The predicted octanol–water partition coefficient (Wildman–Crippen LogP) is 3.48. The van der Waals surface area contributed by atoms with Crippen LogP contribution in [-0.2, 0) is 20.9 Å². The van der Waals surface area contributed by atoms with Crippen molar-refractivity contribution < 1.29 is 23.6 Å². The molecule has 2 aromatic rings. The molecule has 1 saturated carbocycles. The zero-order chi connectivity index (χ0) is 20.8. The summed E-state index contributed by atoms with van der Waals surface area (Å²) in [6.07, 6.45) is 4.14. The summed E-state index contributed by atoms with van der Waals surface area (Å²) in [5.74, 6) is -1.53. The van der Waals surface area contributed by atoms with Crippen LogP contribution in [0.25, 0.3) is 6.08 Å². The van der Waals surface area contributed by atoms with Crippen LogP contribution in [0.2, 0.25) is 0 Å². The number of nitrogens with zero attached hydrogens (tertiary/aromatic N) is 2. The van der Waals surface area contributed by atoms with Gasteiger partial charge in [0.2, 0.25) is 0 Å². The fraction of sp³-hybridized carbons (Fsp3) is 0.238. The fourth-order valence-electron chi connectivity index (χ4n) is 2.79. The summed E-state index contributed by atoms with van der Waals surface area (Å²) in [5.41, 5.74) is 0.773. The molecule has 150 valence electrons. The number of rotatable bonds is 8. The molecule has 0 radical (unpaired) electrons. The maximum absolute atomic E-state index is 13.9. The van der Waals surface area contributed by atoms with Gasteiger partial charge in [0.05, 0.1) is 4.92 Å². The van der Waals surface area contributed by atoms with E-state index in [1.54, 1.807) is 24.3 Å². The van der Waals surface area contributed by atoms with Crippen LogP contribution < -0.4 is 0 Å². The number of hydrogen-bond acceptors (Lipinski definition) is 5. The Hall–Kier alpha value is -3.55. The number of esters is 1. The van der Waals surface area contributed by atoms with Crippen molar-refractivity contribution in [2.75, 3.05) is 6.61 Å². The molecule has 3 rings (SSSR count). The van der Waals surface area contributed by atoms with E-state index in [1.807, 2.05) is 0 Å². The molecule has 1 aliphatic carbocycles. The summed E-state index contributed by atoms with van der Waals surface area (Å²) in [6.45, 7) is -0.333. The lowest BCUT2D eigenvalue weighted by Crippen LogP contribution is -2.36. The number of benzene rings is 2.